The van der Waals surface area contributed by atoms with Crippen molar-refractivity contribution in [1.82, 2.24) is 0 Å². The topological polar surface area (TPSA) is 77.5 Å². The Morgan fingerprint density at radius 1 is 1.00 bits per heavy atom. The van der Waals surface area contributed by atoms with E-state index in [1.54, 1.807) is 0 Å². The molecular weight excluding hydrogens is 258 g/mol. The number of carbonyl (C=O) groups excluding carboxylic acids is 3. The quantitative estimate of drug-likeness (QED) is 0.744. The van der Waals surface area contributed by atoms with Gasteiger partial charge in [0.05, 0.1) is 23.5 Å². The summed E-state index contributed by atoms with van der Waals surface area (Å²) in [5, 5.41) is 10.7. The van der Waals surface area contributed by atoms with E-state index in [1.165, 1.54) is 29.2 Å². The summed E-state index contributed by atoms with van der Waals surface area (Å²) >= 11 is 0. The van der Waals surface area contributed by atoms with Gasteiger partial charge in [-0.3, -0.25) is 14.5 Å². The second-order valence-corrected chi connectivity index (χ2v) is 5.34. The first-order valence-electron chi connectivity index (χ1n) is 6.79. The van der Waals surface area contributed by atoms with Crippen molar-refractivity contribution in [2.24, 2.45) is 11.8 Å². The summed E-state index contributed by atoms with van der Waals surface area (Å²) in [5.41, 5.74) is 0.477. The van der Waals surface area contributed by atoms with Crippen LogP contribution in [0.15, 0.2) is 24.3 Å². The molecule has 1 aromatic rings. The maximum atomic E-state index is 12.3. The molecule has 3 rings (SSSR count). The van der Waals surface area contributed by atoms with Crippen LogP contribution < -0.4 is 10.0 Å². The lowest BCUT2D eigenvalue weighted by molar-refractivity contribution is -0.255. The van der Waals surface area contributed by atoms with Crippen molar-refractivity contribution in [3.8, 4) is 0 Å². The van der Waals surface area contributed by atoms with Gasteiger partial charge in [-0.15, -0.1) is 0 Å². The smallest absolute Gasteiger partial charge is 0.237 e. The van der Waals surface area contributed by atoms with Crippen molar-refractivity contribution < 1.29 is 19.5 Å². The van der Waals surface area contributed by atoms with Crippen LogP contribution in [0.4, 0.5) is 5.69 Å². The normalized spacial score (nSPS) is 25.7. The van der Waals surface area contributed by atoms with Gasteiger partial charge in [-0.2, -0.15) is 0 Å². The average Bonchev–Trinajstić information content (AvgIpc) is 2.72. The van der Waals surface area contributed by atoms with Gasteiger partial charge >= 0.3 is 0 Å². The van der Waals surface area contributed by atoms with Crippen LogP contribution >= 0.6 is 0 Å². The molecule has 2 atom stereocenters. The minimum atomic E-state index is -1.27. The zero-order chi connectivity index (χ0) is 14.3. The molecule has 0 unspecified atom stereocenters. The first kappa shape index (κ1) is 12.8. The lowest BCUT2D eigenvalue weighted by Crippen LogP contribution is -2.31. The number of anilines is 1. The van der Waals surface area contributed by atoms with Gasteiger partial charge in [-0.25, -0.2) is 0 Å². The molecule has 0 N–H and O–H groups in total. The molecule has 0 aromatic heterocycles. The van der Waals surface area contributed by atoms with E-state index in [2.05, 4.69) is 0 Å². The third kappa shape index (κ3) is 1.90. The van der Waals surface area contributed by atoms with Crippen molar-refractivity contribution in [3.63, 3.8) is 0 Å². The second kappa shape index (κ2) is 4.74. The van der Waals surface area contributed by atoms with Gasteiger partial charge in [0.2, 0.25) is 11.8 Å². The van der Waals surface area contributed by atoms with Crippen molar-refractivity contribution >= 4 is 23.5 Å². The number of aromatic carboxylic acids is 1. The fraction of sp³-hybridized carbons (Fsp3) is 0.400. The Morgan fingerprint density at radius 2 is 1.50 bits per heavy atom. The van der Waals surface area contributed by atoms with Gasteiger partial charge < -0.3 is 9.90 Å². The van der Waals surface area contributed by atoms with Crippen molar-refractivity contribution in [3.05, 3.63) is 29.8 Å². The Kier molecular flexibility index (Phi) is 3.04. The Balaban J connectivity index is 1.91. The van der Waals surface area contributed by atoms with Gasteiger partial charge in [0.15, 0.2) is 0 Å². The predicted molar refractivity (Wildman–Crippen MR) is 68.7 cm³/mol. The summed E-state index contributed by atoms with van der Waals surface area (Å²) in [6, 6.07) is 5.68. The van der Waals surface area contributed by atoms with E-state index in [0.717, 1.165) is 25.7 Å². The van der Waals surface area contributed by atoms with Crippen LogP contribution in [0.2, 0.25) is 0 Å². The number of imide groups is 1. The predicted octanol–water partition coefficient (Wildman–Crippen LogP) is 0.730. The molecule has 5 nitrogen and oxygen atoms in total. The molecule has 1 aliphatic heterocycles. The van der Waals surface area contributed by atoms with Crippen LogP contribution in [0.1, 0.15) is 36.0 Å². The van der Waals surface area contributed by atoms with Crippen LogP contribution in [0, 0.1) is 11.8 Å². The molecule has 0 spiro atoms. The number of rotatable bonds is 2. The van der Waals surface area contributed by atoms with Crippen LogP contribution in [-0.2, 0) is 9.59 Å². The minimum Gasteiger partial charge on any atom is -0.545 e. The molecule has 1 heterocycles. The van der Waals surface area contributed by atoms with Gasteiger partial charge in [-0.1, -0.05) is 25.0 Å². The standard InChI is InChI=1S/C15H15NO4/c17-13-11-3-1-2-4-12(11)14(18)16(13)10-7-5-9(6-8-10)15(19)20/h5-8,11-12H,1-4H2,(H,19,20)/p-1/t11-,12-/m1/s1. The molecule has 2 aliphatic rings. The molecule has 2 fully saturated rings. The molecular formula is C15H14NO4-. The number of fused-ring (bicyclic) bond motifs is 1. The molecule has 0 radical (unpaired) electrons. The van der Waals surface area contributed by atoms with Gasteiger partial charge in [0.1, 0.15) is 0 Å². The maximum Gasteiger partial charge on any atom is 0.237 e. The molecule has 104 valence electrons. The van der Waals surface area contributed by atoms with Gasteiger partial charge in [0, 0.05) is 0 Å². The van der Waals surface area contributed by atoms with E-state index >= 15 is 0 Å². The number of nitrogens with zero attached hydrogens (tertiary/aromatic N) is 1. The molecule has 1 saturated heterocycles. The Morgan fingerprint density at radius 3 is 1.95 bits per heavy atom. The summed E-state index contributed by atoms with van der Waals surface area (Å²) in [5.74, 6) is -1.97. The van der Waals surface area contributed by atoms with Crippen molar-refractivity contribution in [1.29, 1.82) is 0 Å². The number of hydrogen-bond acceptors (Lipinski definition) is 4. The number of carboxylic acids is 1. The van der Waals surface area contributed by atoms with E-state index in [9.17, 15) is 19.5 Å². The number of benzene rings is 1. The molecule has 1 saturated carbocycles. The first-order chi connectivity index (χ1) is 9.59. The molecule has 20 heavy (non-hydrogen) atoms. The highest BCUT2D eigenvalue weighted by atomic mass is 16.4. The highest BCUT2D eigenvalue weighted by molar-refractivity contribution is 6.22. The minimum absolute atomic E-state index is 0.0326. The maximum absolute atomic E-state index is 12.3. The van der Waals surface area contributed by atoms with E-state index in [0.29, 0.717) is 5.69 Å². The van der Waals surface area contributed by atoms with E-state index < -0.39 is 5.97 Å². The number of hydrogen-bond donors (Lipinski definition) is 0. The van der Waals surface area contributed by atoms with E-state index in [1.807, 2.05) is 0 Å². The highest BCUT2D eigenvalue weighted by Crippen LogP contribution is 2.39. The fourth-order valence-electron chi connectivity index (χ4n) is 3.16. The molecule has 2 amide bonds. The van der Waals surface area contributed by atoms with E-state index in [-0.39, 0.29) is 29.2 Å². The number of carboxylic acid groups (broad SMARTS) is 1. The number of carbonyl (C=O) groups is 3. The van der Waals surface area contributed by atoms with Crippen LogP contribution in [-0.4, -0.2) is 17.8 Å². The third-order valence-corrected chi connectivity index (χ3v) is 4.20. The fourth-order valence-corrected chi connectivity index (χ4v) is 3.16. The third-order valence-electron chi connectivity index (χ3n) is 4.20. The van der Waals surface area contributed by atoms with Crippen molar-refractivity contribution in [2.75, 3.05) is 4.90 Å². The molecule has 0 bridgehead atoms. The zero-order valence-corrected chi connectivity index (χ0v) is 10.9. The summed E-state index contributed by atoms with van der Waals surface area (Å²) in [7, 11) is 0. The lowest BCUT2D eigenvalue weighted by Gasteiger charge is -2.19. The van der Waals surface area contributed by atoms with Gasteiger partial charge in [-0.05, 0) is 30.5 Å². The monoisotopic (exact) mass is 272 g/mol. The lowest BCUT2D eigenvalue weighted by atomic mass is 9.81. The SMILES string of the molecule is O=C([O-])c1ccc(N2C(=O)[C@@H]3CCCC[C@H]3C2=O)cc1. The average molecular weight is 272 g/mol. The summed E-state index contributed by atoms with van der Waals surface area (Å²) < 4.78 is 0. The summed E-state index contributed by atoms with van der Waals surface area (Å²) in [4.78, 5) is 36.6. The van der Waals surface area contributed by atoms with E-state index in [4.69, 9.17) is 0 Å². The first-order valence-corrected chi connectivity index (χ1v) is 6.79. The molecule has 1 aliphatic carbocycles. The van der Waals surface area contributed by atoms with Crippen LogP contribution in [0.5, 0.6) is 0 Å². The molecule has 5 heteroatoms. The summed E-state index contributed by atoms with van der Waals surface area (Å²) in [6.45, 7) is 0. The Hall–Kier alpha value is -2.17. The Labute approximate surface area is 116 Å². The highest BCUT2D eigenvalue weighted by Gasteiger charge is 2.48. The van der Waals surface area contributed by atoms with Crippen molar-refractivity contribution in [2.45, 2.75) is 25.7 Å². The summed E-state index contributed by atoms with van der Waals surface area (Å²) in [6.07, 6.45) is 3.50. The zero-order valence-electron chi connectivity index (χ0n) is 10.9. The van der Waals surface area contributed by atoms with Crippen LogP contribution in [0.3, 0.4) is 0 Å². The largest absolute Gasteiger partial charge is 0.545 e. The van der Waals surface area contributed by atoms with Crippen LogP contribution in [0.25, 0.3) is 0 Å². The molecule has 1 aromatic carbocycles. The van der Waals surface area contributed by atoms with Gasteiger partial charge in [0.25, 0.3) is 0 Å². The number of amides is 2. The second-order valence-electron chi connectivity index (χ2n) is 5.34. The Bertz CT molecular complexity index is 554.